The summed E-state index contributed by atoms with van der Waals surface area (Å²) in [6, 6.07) is 0. The summed E-state index contributed by atoms with van der Waals surface area (Å²) >= 11 is 0. The quantitative estimate of drug-likeness (QED) is 0.425. The van der Waals surface area contributed by atoms with Gasteiger partial charge in [0.1, 0.15) is 0 Å². The zero-order chi connectivity index (χ0) is 8.10. The molecule has 1 saturated carbocycles. The Bertz CT molecular complexity index is 124. The minimum atomic E-state index is 1.03. The molecule has 0 aromatic heterocycles. The normalized spacial score (nSPS) is 30.7. The molecule has 0 bridgehead atoms. The molecule has 0 N–H and O–H groups in total. The highest BCUT2D eigenvalue weighted by molar-refractivity contribution is 4.80. The summed E-state index contributed by atoms with van der Waals surface area (Å²) in [5, 5.41) is 0. The van der Waals surface area contributed by atoms with Gasteiger partial charge in [-0.25, -0.2) is 0 Å². The molecule has 2 atom stereocenters. The molecule has 0 heterocycles. The molecule has 0 nitrogen and oxygen atoms in total. The van der Waals surface area contributed by atoms with Crippen LogP contribution in [0.2, 0.25) is 0 Å². The van der Waals surface area contributed by atoms with Crippen LogP contribution in [0.25, 0.3) is 0 Å². The number of hydrogen-bond donors (Lipinski definition) is 0. The minimum absolute atomic E-state index is 1.03. The van der Waals surface area contributed by atoms with Gasteiger partial charge in [0.25, 0.3) is 0 Å². The minimum Gasteiger partial charge on any atom is -0.0917 e. The van der Waals surface area contributed by atoms with E-state index in [-0.39, 0.29) is 0 Å². The molecule has 2 unspecified atom stereocenters. The van der Waals surface area contributed by atoms with Gasteiger partial charge in [-0.3, -0.25) is 0 Å². The van der Waals surface area contributed by atoms with Crippen molar-refractivity contribution in [3.63, 3.8) is 0 Å². The third-order valence-corrected chi connectivity index (χ3v) is 2.98. The molecule has 0 heteroatoms. The van der Waals surface area contributed by atoms with Gasteiger partial charge in [0, 0.05) is 0 Å². The van der Waals surface area contributed by atoms with Crippen molar-refractivity contribution < 1.29 is 0 Å². The third kappa shape index (κ3) is 2.69. The largest absolute Gasteiger partial charge is 0.0917 e. The summed E-state index contributed by atoms with van der Waals surface area (Å²) in [5.41, 5.74) is 0. The molecule has 64 valence electrons. The summed E-state index contributed by atoms with van der Waals surface area (Å²) in [5.74, 6) is 2.10. The van der Waals surface area contributed by atoms with E-state index in [0.717, 1.165) is 11.8 Å². The molecule has 1 aliphatic rings. The van der Waals surface area contributed by atoms with Crippen LogP contribution in [0, 0.1) is 11.8 Å². The molecule has 1 fully saturated rings. The lowest BCUT2D eigenvalue weighted by Crippen LogP contribution is -2.22. The lowest BCUT2D eigenvalue weighted by Gasteiger charge is -2.33. The molecule has 0 radical (unpaired) electrons. The average molecular weight is 152 g/mol. The maximum Gasteiger partial charge on any atom is -0.0351 e. The molecule has 1 aliphatic carbocycles. The molecule has 0 aromatic rings. The van der Waals surface area contributed by atoms with E-state index < -0.39 is 0 Å². The molecule has 0 amide bonds. The van der Waals surface area contributed by atoms with E-state index in [1.54, 1.807) is 0 Å². The Hall–Kier alpha value is -0.260. The van der Waals surface area contributed by atoms with Gasteiger partial charge in [-0.1, -0.05) is 25.5 Å². The number of hydrogen-bond acceptors (Lipinski definition) is 0. The maximum atomic E-state index is 2.39. The highest BCUT2D eigenvalue weighted by Gasteiger charge is 2.25. The zero-order valence-electron chi connectivity index (χ0n) is 7.84. The highest BCUT2D eigenvalue weighted by atomic mass is 14.3. The van der Waals surface area contributed by atoms with Gasteiger partial charge < -0.3 is 0 Å². The van der Waals surface area contributed by atoms with Gasteiger partial charge in [0.05, 0.1) is 0 Å². The van der Waals surface area contributed by atoms with Crippen LogP contribution < -0.4 is 0 Å². The van der Waals surface area contributed by atoms with Gasteiger partial charge >= 0.3 is 0 Å². The Balaban J connectivity index is 1.95. The Labute approximate surface area is 70.7 Å². The summed E-state index contributed by atoms with van der Waals surface area (Å²) < 4.78 is 0. The van der Waals surface area contributed by atoms with Crippen LogP contribution >= 0.6 is 0 Å². The second kappa shape index (κ2) is 4.58. The van der Waals surface area contributed by atoms with Crippen LogP contribution in [0.4, 0.5) is 0 Å². The fourth-order valence-electron chi connectivity index (χ4n) is 1.83. The summed E-state index contributed by atoms with van der Waals surface area (Å²) in [6.45, 7) is 4.50. The predicted octanol–water partition coefficient (Wildman–Crippen LogP) is 3.78. The Kier molecular flexibility index (Phi) is 3.68. The lowest BCUT2D eigenvalue weighted by molar-refractivity contribution is 0.180. The van der Waals surface area contributed by atoms with E-state index in [0.29, 0.717) is 0 Å². The molecule has 0 aliphatic heterocycles. The monoisotopic (exact) mass is 152 g/mol. The van der Waals surface area contributed by atoms with Crippen LogP contribution in [-0.2, 0) is 0 Å². The van der Waals surface area contributed by atoms with E-state index in [1.165, 1.54) is 32.1 Å². The molecule has 0 spiro atoms. The summed E-state index contributed by atoms with van der Waals surface area (Å²) in [4.78, 5) is 0. The van der Waals surface area contributed by atoms with E-state index in [4.69, 9.17) is 0 Å². The van der Waals surface area contributed by atoms with Gasteiger partial charge in [-0.05, 0) is 44.4 Å². The van der Waals surface area contributed by atoms with Crippen molar-refractivity contribution in [3.8, 4) is 0 Å². The fourth-order valence-corrected chi connectivity index (χ4v) is 1.83. The van der Waals surface area contributed by atoms with E-state index in [1.807, 2.05) is 0 Å². The molecule has 11 heavy (non-hydrogen) atoms. The second-order valence-corrected chi connectivity index (χ2v) is 3.81. The van der Waals surface area contributed by atoms with E-state index >= 15 is 0 Å². The maximum absolute atomic E-state index is 2.39. The second-order valence-electron chi connectivity index (χ2n) is 3.81. The topological polar surface area (TPSA) is 0 Å². The summed E-state index contributed by atoms with van der Waals surface area (Å²) in [6.07, 6.45) is 11.6. The first-order valence-electron chi connectivity index (χ1n) is 4.95. The average Bonchev–Trinajstić information content (AvgIpc) is 2.02. The Morgan fingerprint density at radius 3 is 2.64 bits per heavy atom. The smallest absolute Gasteiger partial charge is 0.0351 e. The van der Waals surface area contributed by atoms with Crippen molar-refractivity contribution in [2.24, 2.45) is 11.8 Å². The molecular formula is C11H20. The highest BCUT2D eigenvalue weighted by Crippen LogP contribution is 2.37. The molecule has 1 rings (SSSR count). The first-order chi connectivity index (χ1) is 5.34. The van der Waals surface area contributed by atoms with Gasteiger partial charge in [-0.2, -0.15) is 0 Å². The standard InChI is InChI=1S/C11H20/c1-3-4-5-6-7-11-9-8-10(11)2/h3-4,10-11H,5-9H2,1-2H3/b4-3+. The van der Waals surface area contributed by atoms with Crippen LogP contribution in [0.5, 0.6) is 0 Å². The van der Waals surface area contributed by atoms with E-state index in [2.05, 4.69) is 26.0 Å². The van der Waals surface area contributed by atoms with Gasteiger partial charge in [-0.15, -0.1) is 0 Å². The van der Waals surface area contributed by atoms with Gasteiger partial charge in [0.15, 0.2) is 0 Å². The lowest BCUT2D eigenvalue weighted by atomic mass is 9.72. The van der Waals surface area contributed by atoms with Crippen molar-refractivity contribution in [3.05, 3.63) is 12.2 Å². The molecular weight excluding hydrogens is 132 g/mol. The Morgan fingerprint density at radius 2 is 2.18 bits per heavy atom. The SMILES string of the molecule is C/C=C/CCCC1CCC1C. The van der Waals surface area contributed by atoms with Crippen LogP contribution in [-0.4, -0.2) is 0 Å². The summed E-state index contributed by atoms with van der Waals surface area (Å²) in [7, 11) is 0. The molecule has 0 aromatic carbocycles. The number of allylic oxidation sites excluding steroid dienone is 2. The van der Waals surface area contributed by atoms with Crippen molar-refractivity contribution >= 4 is 0 Å². The third-order valence-electron chi connectivity index (χ3n) is 2.98. The van der Waals surface area contributed by atoms with Crippen molar-refractivity contribution in [2.75, 3.05) is 0 Å². The van der Waals surface area contributed by atoms with E-state index in [9.17, 15) is 0 Å². The van der Waals surface area contributed by atoms with Crippen molar-refractivity contribution in [2.45, 2.75) is 46.0 Å². The first-order valence-corrected chi connectivity index (χ1v) is 4.95. The Morgan fingerprint density at radius 1 is 1.36 bits per heavy atom. The van der Waals surface area contributed by atoms with Crippen molar-refractivity contribution in [1.29, 1.82) is 0 Å². The first kappa shape index (κ1) is 8.83. The van der Waals surface area contributed by atoms with Crippen molar-refractivity contribution in [1.82, 2.24) is 0 Å². The predicted molar refractivity (Wildman–Crippen MR) is 50.6 cm³/mol. The number of rotatable bonds is 4. The number of unbranched alkanes of at least 4 members (excludes halogenated alkanes) is 1. The van der Waals surface area contributed by atoms with Crippen LogP contribution in [0.15, 0.2) is 12.2 Å². The van der Waals surface area contributed by atoms with Gasteiger partial charge in [0.2, 0.25) is 0 Å². The fraction of sp³-hybridized carbons (Fsp3) is 0.818. The molecule has 0 saturated heterocycles. The zero-order valence-corrected chi connectivity index (χ0v) is 7.84. The van der Waals surface area contributed by atoms with Crippen LogP contribution in [0.1, 0.15) is 46.0 Å². The van der Waals surface area contributed by atoms with Crippen LogP contribution in [0.3, 0.4) is 0 Å².